The Labute approximate surface area is 564 Å². The SMILES string of the molecule is O=C(O)CCCCCCCC(=O)OCCCC(=O)CCCCCCCCCCCCCCCCCC(=O)CCCOC(=O)CCCCCCCC(=O)OCCCC(=O)CCCCCCCCCCCCCCCCCC(=O)CCCOC(=O)CCCCCCCC(=O)O. The Morgan fingerprint density at radius 2 is 0.269 bits per heavy atom. The minimum absolute atomic E-state index is 0.201. The van der Waals surface area contributed by atoms with Crippen LogP contribution in [0.15, 0.2) is 0 Å². The second-order valence-electron chi connectivity index (χ2n) is 26.6. The van der Waals surface area contributed by atoms with Crippen LogP contribution in [-0.4, -0.2) is 95.6 Å². The van der Waals surface area contributed by atoms with Gasteiger partial charge in [0.2, 0.25) is 0 Å². The number of hydrogen-bond donors (Lipinski definition) is 2. The van der Waals surface area contributed by atoms with E-state index in [-0.39, 0.29) is 59.9 Å². The third-order valence-corrected chi connectivity index (χ3v) is 17.6. The number of Topliss-reactive ketones (excluding diaryl/α,β-unsaturated/α-hetero) is 4. The third-order valence-electron chi connectivity index (χ3n) is 17.6. The van der Waals surface area contributed by atoms with E-state index in [0.717, 1.165) is 135 Å². The molecule has 0 aliphatic heterocycles. The summed E-state index contributed by atoms with van der Waals surface area (Å²) in [5.74, 6) is -1.37. The quantitative estimate of drug-likeness (QED) is 0.0326. The van der Waals surface area contributed by atoms with E-state index in [9.17, 15) is 47.9 Å². The Balaban J connectivity index is 3.41. The molecule has 93 heavy (non-hydrogen) atoms. The molecule has 0 unspecified atom stereocenters. The maximum absolute atomic E-state index is 12.3. The molecular weight excluding hydrogens is 1180 g/mol. The summed E-state index contributed by atoms with van der Waals surface area (Å²) in [4.78, 5) is 118. The summed E-state index contributed by atoms with van der Waals surface area (Å²) in [5.41, 5.74) is 0. The minimum atomic E-state index is -0.765. The normalized spacial score (nSPS) is 11.2. The van der Waals surface area contributed by atoms with Gasteiger partial charge >= 0.3 is 35.8 Å². The summed E-state index contributed by atoms with van der Waals surface area (Å²) in [5, 5.41) is 17.3. The number of ether oxygens (including phenoxy) is 4. The number of ketones is 4. The van der Waals surface area contributed by atoms with E-state index in [1.54, 1.807) is 0 Å². The Morgan fingerprint density at radius 3 is 0.419 bits per heavy atom. The maximum atomic E-state index is 12.3. The number of carboxylic acid groups (broad SMARTS) is 2. The minimum Gasteiger partial charge on any atom is -0.481 e. The van der Waals surface area contributed by atoms with Crippen molar-refractivity contribution in [3.63, 3.8) is 0 Å². The molecule has 0 atom stereocenters. The highest BCUT2D eigenvalue weighted by atomic mass is 16.5. The molecule has 0 aromatic heterocycles. The van der Waals surface area contributed by atoms with Crippen LogP contribution < -0.4 is 0 Å². The first-order valence-corrected chi connectivity index (χ1v) is 38.4. The molecule has 0 radical (unpaired) electrons. The number of carboxylic acids is 2. The summed E-state index contributed by atoms with van der Waals surface area (Å²) in [6.45, 7) is 1.18. The topological polar surface area (TPSA) is 248 Å². The second kappa shape index (κ2) is 70.3. The van der Waals surface area contributed by atoms with E-state index in [1.165, 1.54) is 141 Å². The molecule has 0 rings (SSSR count). The number of unbranched alkanes of at least 4 members (excludes halogenated alkanes) is 40. The van der Waals surface area contributed by atoms with E-state index >= 15 is 0 Å². The highest BCUT2D eigenvalue weighted by Gasteiger charge is 2.11. The molecule has 2 N–H and O–H groups in total. The van der Waals surface area contributed by atoms with Gasteiger partial charge in [-0.2, -0.15) is 0 Å². The fourth-order valence-corrected chi connectivity index (χ4v) is 11.7. The van der Waals surface area contributed by atoms with E-state index < -0.39 is 11.9 Å². The molecule has 0 heterocycles. The van der Waals surface area contributed by atoms with Crippen molar-refractivity contribution in [1.82, 2.24) is 0 Å². The van der Waals surface area contributed by atoms with Crippen LogP contribution in [0.25, 0.3) is 0 Å². The van der Waals surface area contributed by atoms with Gasteiger partial charge in [-0.15, -0.1) is 0 Å². The molecule has 0 saturated heterocycles. The smallest absolute Gasteiger partial charge is 0.305 e. The summed E-state index contributed by atoms with van der Waals surface area (Å²) in [6, 6.07) is 0. The lowest BCUT2D eigenvalue weighted by molar-refractivity contribution is -0.145. The van der Waals surface area contributed by atoms with Crippen molar-refractivity contribution in [1.29, 1.82) is 0 Å². The average Bonchev–Trinajstić information content (AvgIpc) is 3.57. The van der Waals surface area contributed by atoms with Gasteiger partial charge in [-0.3, -0.25) is 47.9 Å². The summed E-state index contributed by atoms with van der Waals surface area (Å²) < 4.78 is 21.2. The summed E-state index contributed by atoms with van der Waals surface area (Å²) >= 11 is 0. The molecule has 0 amide bonds. The highest BCUT2D eigenvalue weighted by Crippen LogP contribution is 2.19. The van der Waals surface area contributed by atoms with Gasteiger partial charge in [-0.1, -0.05) is 225 Å². The van der Waals surface area contributed by atoms with Gasteiger partial charge in [0, 0.05) is 89.9 Å². The van der Waals surface area contributed by atoms with Crippen LogP contribution in [0.5, 0.6) is 0 Å². The van der Waals surface area contributed by atoms with Gasteiger partial charge < -0.3 is 29.2 Å². The molecule has 0 aromatic rings. The van der Waals surface area contributed by atoms with Crippen molar-refractivity contribution < 1.29 is 77.1 Å². The van der Waals surface area contributed by atoms with Crippen molar-refractivity contribution in [2.45, 2.75) is 405 Å². The first-order chi connectivity index (χ1) is 45.3. The fraction of sp³-hybridized carbons (Fsp3) is 0.870. The Morgan fingerprint density at radius 1 is 0.151 bits per heavy atom. The van der Waals surface area contributed by atoms with Crippen molar-refractivity contribution in [3.05, 3.63) is 0 Å². The molecule has 540 valence electrons. The Hall–Kier alpha value is -4.50. The predicted molar refractivity (Wildman–Crippen MR) is 370 cm³/mol. The first kappa shape index (κ1) is 88.5. The Kier molecular flexibility index (Phi) is 66.9. The van der Waals surface area contributed by atoms with Gasteiger partial charge in [0.1, 0.15) is 23.1 Å². The maximum Gasteiger partial charge on any atom is 0.305 e. The van der Waals surface area contributed by atoms with Crippen LogP contribution in [0.1, 0.15) is 405 Å². The summed E-state index contributed by atoms with van der Waals surface area (Å²) in [7, 11) is 0. The number of rotatable bonds is 76. The van der Waals surface area contributed by atoms with Crippen LogP contribution in [0.2, 0.25) is 0 Å². The molecule has 16 heteroatoms. The molecule has 0 saturated carbocycles. The molecule has 0 bridgehead atoms. The molecule has 0 aromatic carbocycles. The van der Waals surface area contributed by atoms with Crippen LogP contribution in [0, 0.1) is 0 Å². The zero-order chi connectivity index (χ0) is 68.0. The Bertz CT molecular complexity index is 1730. The standard InChI is InChI=1S/C77H136O16/c78-68(54-46-64-90-74(86)60-42-32-23-30-40-58-72(82)83)50-36-26-19-15-11-7-3-1-5-9-13-17-21-28-38-52-70(80)56-48-66-92-76(88)62-44-34-25-35-45-63-77(89)93-67-49-57-71(81)53-39-29-22-18-14-10-6-2-4-8-12-16-20-27-37-51-69(79)55-47-65-91-75(87)61-43-33-24-31-41-59-73(84)85/h1-67H2,(H,82,83)(H,84,85). The third kappa shape index (κ3) is 73.2. The van der Waals surface area contributed by atoms with Crippen molar-refractivity contribution in [3.8, 4) is 0 Å². The zero-order valence-corrected chi connectivity index (χ0v) is 59.0. The molecule has 0 aliphatic rings. The van der Waals surface area contributed by atoms with E-state index in [4.69, 9.17) is 29.2 Å². The van der Waals surface area contributed by atoms with Crippen molar-refractivity contribution >= 4 is 58.9 Å². The first-order valence-electron chi connectivity index (χ1n) is 38.4. The van der Waals surface area contributed by atoms with Crippen molar-refractivity contribution in [2.24, 2.45) is 0 Å². The molecular formula is C77H136O16. The van der Waals surface area contributed by atoms with Gasteiger partial charge in [0.15, 0.2) is 0 Å². The van der Waals surface area contributed by atoms with Gasteiger partial charge in [0.25, 0.3) is 0 Å². The number of hydrogen-bond acceptors (Lipinski definition) is 14. The lowest BCUT2D eigenvalue weighted by atomic mass is 10.0. The van der Waals surface area contributed by atoms with Crippen LogP contribution >= 0.6 is 0 Å². The zero-order valence-electron chi connectivity index (χ0n) is 59.0. The monoisotopic (exact) mass is 1320 g/mol. The summed E-state index contributed by atoms with van der Waals surface area (Å²) in [6.07, 6.45) is 56.7. The molecule has 0 fully saturated rings. The fourth-order valence-electron chi connectivity index (χ4n) is 11.7. The lowest BCUT2D eigenvalue weighted by Gasteiger charge is -2.06. The van der Waals surface area contributed by atoms with E-state index in [0.29, 0.717) is 142 Å². The largest absolute Gasteiger partial charge is 0.481 e. The van der Waals surface area contributed by atoms with Crippen LogP contribution in [-0.2, 0) is 66.9 Å². The number of esters is 4. The lowest BCUT2D eigenvalue weighted by Crippen LogP contribution is -2.08. The van der Waals surface area contributed by atoms with Gasteiger partial charge in [0.05, 0.1) is 26.4 Å². The number of carbonyl (C=O) groups is 10. The van der Waals surface area contributed by atoms with Gasteiger partial charge in [-0.25, -0.2) is 0 Å². The predicted octanol–water partition coefficient (Wildman–Crippen LogP) is 20.2. The molecule has 0 aliphatic carbocycles. The second-order valence-corrected chi connectivity index (χ2v) is 26.6. The number of carbonyl (C=O) groups excluding carboxylic acids is 8. The average molecular weight is 1320 g/mol. The number of aliphatic carboxylic acids is 2. The van der Waals surface area contributed by atoms with Gasteiger partial charge in [-0.05, 0) is 89.9 Å². The van der Waals surface area contributed by atoms with Crippen molar-refractivity contribution in [2.75, 3.05) is 26.4 Å². The van der Waals surface area contributed by atoms with E-state index in [2.05, 4.69) is 0 Å². The van der Waals surface area contributed by atoms with Crippen LogP contribution in [0.3, 0.4) is 0 Å². The van der Waals surface area contributed by atoms with Crippen LogP contribution in [0.4, 0.5) is 0 Å². The highest BCUT2D eigenvalue weighted by molar-refractivity contribution is 5.79. The molecule has 16 nitrogen and oxygen atoms in total. The molecule has 0 spiro atoms. The van der Waals surface area contributed by atoms with E-state index in [1.807, 2.05) is 0 Å².